The summed E-state index contributed by atoms with van der Waals surface area (Å²) in [5, 5.41) is 3.08. The number of methoxy groups -OCH3 is 1. The van der Waals surface area contributed by atoms with Crippen LogP contribution in [-0.2, 0) is 0 Å². The zero-order valence-electron chi connectivity index (χ0n) is 11.0. The first kappa shape index (κ1) is 13.4. The van der Waals surface area contributed by atoms with Gasteiger partial charge in [-0.05, 0) is 35.2 Å². The fourth-order valence-corrected chi connectivity index (χ4v) is 3.39. The highest BCUT2D eigenvalue weighted by Gasteiger charge is 2.23. The summed E-state index contributed by atoms with van der Waals surface area (Å²) >= 11 is 7.86. The molecule has 0 bridgehead atoms. The van der Waals surface area contributed by atoms with Gasteiger partial charge in [-0.25, -0.2) is 0 Å². The van der Waals surface area contributed by atoms with E-state index in [0.717, 1.165) is 16.5 Å². The predicted molar refractivity (Wildman–Crippen MR) is 86.4 cm³/mol. The van der Waals surface area contributed by atoms with E-state index in [1.807, 2.05) is 36.4 Å². The van der Waals surface area contributed by atoms with Crippen LogP contribution in [0, 0.1) is 0 Å². The molecule has 1 atom stereocenters. The minimum atomic E-state index is 0.209. The van der Waals surface area contributed by atoms with Crippen molar-refractivity contribution in [2.75, 3.05) is 12.0 Å². The molecule has 0 saturated carbocycles. The molecule has 1 unspecified atom stereocenters. The van der Waals surface area contributed by atoms with Gasteiger partial charge >= 0.3 is 0 Å². The van der Waals surface area contributed by atoms with Crippen molar-refractivity contribution >= 4 is 29.1 Å². The van der Waals surface area contributed by atoms with Gasteiger partial charge in [0, 0.05) is 23.0 Å². The fraction of sp³-hybridized carbons (Fsp3) is 0.125. The quantitative estimate of drug-likeness (QED) is 0.785. The molecule has 2 nitrogen and oxygen atoms in total. The molecule has 0 saturated heterocycles. The molecule has 0 amide bonds. The van der Waals surface area contributed by atoms with Gasteiger partial charge in [-0.1, -0.05) is 29.8 Å². The lowest BCUT2D eigenvalue weighted by atomic mass is 10.2. The van der Waals surface area contributed by atoms with Crippen LogP contribution in [0.1, 0.15) is 10.9 Å². The second kappa shape index (κ2) is 5.81. The number of hydrogen-bond acceptors (Lipinski definition) is 3. The molecule has 0 spiro atoms. The van der Waals surface area contributed by atoms with Crippen LogP contribution >= 0.6 is 23.4 Å². The lowest BCUT2D eigenvalue weighted by molar-refractivity contribution is 0.415. The Labute approximate surface area is 128 Å². The Morgan fingerprint density at radius 2 is 2.00 bits per heavy atom. The summed E-state index contributed by atoms with van der Waals surface area (Å²) < 4.78 is 5.30. The Morgan fingerprint density at radius 1 is 1.15 bits per heavy atom. The van der Waals surface area contributed by atoms with Gasteiger partial charge in [-0.3, -0.25) is 0 Å². The molecule has 0 aliphatic carbocycles. The maximum absolute atomic E-state index is 6.10. The molecule has 2 aromatic carbocycles. The van der Waals surface area contributed by atoms with E-state index in [4.69, 9.17) is 16.3 Å². The molecule has 20 heavy (non-hydrogen) atoms. The Balaban J connectivity index is 1.93. The van der Waals surface area contributed by atoms with Crippen molar-refractivity contribution in [3.63, 3.8) is 0 Å². The van der Waals surface area contributed by atoms with Crippen LogP contribution in [0.15, 0.2) is 60.1 Å². The lowest BCUT2D eigenvalue weighted by Crippen LogP contribution is -2.16. The predicted octanol–water partition coefficient (Wildman–Crippen LogP) is 5.07. The third-order valence-electron chi connectivity index (χ3n) is 3.17. The van der Waals surface area contributed by atoms with Gasteiger partial charge in [0.15, 0.2) is 0 Å². The van der Waals surface area contributed by atoms with Gasteiger partial charge in [0.05, 0.1) is 7.11 Å². The summed E-state index contributed by atoms with van der Waals surface area (Å²) in [4.78, 5) is 2.22. The third kappa shape index (κ3) is 2.65. The van der Waals surface area contributed by atoms with Crippen LogP contribution in [0.5, 0.6) is 5.75 Å². The minimum absolute atomic E-state index is 0.209. The first-order valence-corrected chi connectivity index (χ1v) is 7.60. The normalized spacial score (nSPS) is 17.5. The zero-order valence-corrected chi connectivity index (χ0v) is 12.6. The van der Waals surface area contributed by atoms with Crippen molar-refractivity contribution in [3.05, 3.63) is 70.7 Å². The van der Waals surface area contributed by atoms with Gasteiger partial charge < -0.3 is 9.64 Å². The number of anilines is 1. The van der Waals surface area contributed by atoms with Gasteiger partial charge in [0.1, 0.15) is 11.1 Å². The topological polar surface area (TPSA) is 12.5 Å². The standard InChI is InChI=1S/C16H14ClNOS/c1-19-15-7-3-6-14(11-15)18-8-9-20-16(18)12-4-2-5-13(17)10-12/h2-11,16H,1H3. The van der Waals surface area contributed by atoms with Crippen LogP contribution in [0.3, 0.4) is 0 Å². The Kier molecular flexibility index (Phi) is 3.90. The third-order valence-corrected chi connectivity index (χ3v) is 4.44. The molecule has 0 aromatic heterocycles. The molecular weight excluding hydrogens is 290 g/mol. The SMILES string of the molecule is COc1cccc(N2C=CSC2c2cccc(Cl)c2)c1. The fourth-order valence-electron chi connectivity index (χ4n) is 2.21. The summed E-state index contributed by atoms with van der Waals surface area (Å²) in [7, 11) is 1.68. The molecule has 0 fully saturated rings. The number of benzene rings is 2. The van der Waals surface area contributed by atoms with Crippen molar-refractivity contribution in [2.24, 2.45) is 0 Å². The first-order chi connectivity index (χ1) is 9.78. The number of ether oxygens (including phenoxy) is 1. The maximum Gasteiger partial charge on any atom is 0.120 e. The van der Waals surface area contributed by atoms with Gasteiger partial charge in [0.25, 0.3) is 0 Å². The largest absolute Gasteiger partial charge is 0.497 e. The van der Waals surface area contributed by atoms with Crippen molar-refractivity contribution in [2.45, 2.75) is 5.37 Å². The van der Waals surface area contributed by atoms with Crippen LogP contribution in [0.4, 0.5) is 5.69 Å². The monoisotopic (exact) mass is 303 g/mol. The van der Waals surface area contributed by atoms with Gasteiger partial charge in [-0.15, -0.1) is 11.8 Å². The Morgan fingerprint density at radius 3 is 2.80 bits per heavy atom. The molecule has 3 rings (SSSR count). The van der Waals surface area contributed by atoms with Crippen molar-refractivity contribution in [1.82, 2.24) is 0 Å². The summed E-state index contributed by atoms with van der Waals surface area (Å²) in [5.74, 6) is 0.859. The summed E-state index contributed by atoms with van der Waals surface area (Å²) in [6, 6.07) is 16.1. The highest BCUT2D eigenvalue weighted by molar-refractivity contribution is 8.02. The number of nitrogens with zero attached hydrogens (tertiary/aromatic N) is 1. The second-order valence-corrected chi connectivity index (χ2v) is 5.86. The van der Waals surface area contributed by atoms with Crippen molar-refractivity contribution in [1.29, 1.82) is 0 Å². The van der Waals surface area contributed by atoms with Crippen molar-refractivity contribution < 1.29 is 4.74 Å². The van der Waals surface area contributed by atoms with Crippen molar-refractivity contribution in [3.8, 4) is 5.75 Å². The highest BCUT2D eigenvalue weighted by atomic mass is 35.5. The molecule has 1 heterocycles. The van der Waals surface area contributed by atoms with E-state index in [9.17, 15) is 0 Å². The number of hydrogen-bond donors (Lipinski definition) is 0. The van der Waals surface area contributed by atoms with E-state index >= 15 is 0 Å². The number of thioether (sulfide) groups is 1. The molecular formula is C16H14ClNOS. The van der Waals surface area contributed by atoms with Crippen LogP contribution in [-0.4, -0.2) is 7.11 Å². The smallest absolute Gasteiger partial charge is 0.120 e. The second-order valence-electron chi connectivity index (χ2n) is 4.44. The summed E-state index contributed by atoms with van der Waals surface area (Å²) in [5.41, 5.74) is 2.30. The van der Waals surface area contributed by atoms with Gasteiger partial charge in [0.2, 0.25) is 0 Å². The lowest BCUT2D eigenvalue weighted by Gasteiger charge is -2.25. The molecule has 1 aliphatic heterocycles. The minimum Gasteiger partial charge on any atom is -0.497 e. The zero-order chi connectivity index (χ0) is 13.9. The van der Waals surface area contributed by atoms with E-state index < -0.39 is 0 Å². The van der Waals surface area contributed by atoms with Crippen LogP contribution in [0.25, 0.3) is 0 Å². The average molecular weight is 304 g/mol. The average Bonchev–Trinajstić information content (AvgIpc) is 2.97. The molecule has 2 aromatic rings. The summed E-state index contributed by atoms with van der Waals surface area (Å²) in [6.45, 7) is 0. The first-order valence-electron chi connectivity index (χ1n) is 6.28. The van der Waals surface area contributed by atoms with Crippen LogP contribution in [0.2, 0.25) is 5.02 Å². The van der Waals surface area contributed by atoms with Gasteiger partial charge in [-0.2, -0.15) is 0 Å². The van der Waals surface area contributed by atoms with E-state index in [0.29, 0.717) is 0 Å². The number of rotatable bonds is 3. The Hall–Kier alpha value is -1.58. The van der Waals surface area contributed by atoms with E-state index in [1.165, 1.54) is 5.56 Å². The molecule has 1 aliphatic rings. The molecule has 0 radical (unpaired) electrons. The Bertz CT molecular complexity index is 644. The highest BCUT2D eigenvalue weighted by Crippen LogP contribution is 2.42. The van der Waals surface area contributed by atoms with Crippen LogP contribution < -0.4 is 9.64 Å². The number of halogens is 1. The molecule has 102 valence electrons. The molecule has 4 heteroatoms. The van der Waals surface area contributed by atoms with E-state index in [1.54, 1.807) is 18.9 Å². The maximum atomic E-state index is 6.10. The van der Waals surface area contributed by atoms with E-state index in [2.05, 4.69) is 28.6 Å². The summed E-state index contributed by atoms with van der Waals surface area (Å²) in [6.07, 6.45) is 2.09. The van der Waals surface area contributed by atoms with E-state index in [-0.39, 0.29) is 5.37 Å². The molecule has 0 N–H and O–H groups in total.